The molecule has 0 spiro atoms. The van der Waals surface area contributed by atoms with Crippen LogP contribution in [-0.4, -0.2) is 64.2 Å². The molecule has 7 nitrogen and oxygen atoms in total. The summed E-state index contributed by atoms with van der Waals surface area (Å²) in [5.74, 6) is -0.0393. The molecule has 1 aromatic rings. The Balaban J connectivity index is 0.00000338. The number of nitrogens with zero attached hydrogens (tertiary/aromatic N) is 1. The van der Waals surface area contributed by atoms with Gasteiger partial charge in [0.25, 0.3) is 5.91 Å². The summed E-state index contributed by atoms with van der Waals surface area (Å²) < 4.78 is 25.4. The molecule has 0 unspecified atom stereocenters. The predicted molar refractivity (Wildman–Crippen MR) is 106 cm³/mol. The summed E-state index contributed by atoms with van der Waals surface area (Å²) in [7, 11) is -3.21. The molecule has 0 aliphatic carbocycles. The van der Waals surface area contributed by atoms with Crippen molar-refractivity contribution in [1.82, 2.24) is 20.3 Å². The molecule has 1 amide bonds. The van der Waals surface area contributed by atoms with Crippen LogP contribution in [0, 0.1) is 0 Å². The molecule has 0 bridgehead atoms. The van der Waals surface area contributed by atoms with Gasteiger partial charge >= 0.3 is 0 Å². The number of halogens is 1. The van der Waals surface area contributed by atoms with Gasteiger partial charge in [-0.25, -0.2) is 13.1 Å². The Morgan fingerprint density at radius 2 is 1.85 bits per heavy atom. The van der Waals surface area contributed by atoms with E-state index < -0.39 is 10.0 Å². The average molecular weight is 405 g/mol. The van der Waals surface area contributed by atoms with Gasteiger partial charge in [0, 0.05) is 44.8 Å². The number of carbonyl (C=O) groups excluding carboxylic acids is 1. The second-order valence-corrected chi connectivity index (χ2v) is 8.22. The van der Waals surface area contributed by atoms with Gasteiger partial charge in [0.2, 0.25) is 10.0 Å². The van der Waals surface area contributed by atoms with E-state index in [1.807, 2.05) is 0 Å². The number of rotatable bonds is 9. The van der Waals surface area contributed by atoms with Gasteiger partial charge in [0.15, 0.2) is 0 Å². The third-order valence-corrected chi connectivity index (χ3v) is 5.58. The molecule has 148 valence electrons. The Hall–Kier alpha value is -1.19. The average Bonchev–Trinajstić information content (AvgIpc) is 2.65. The molecule has 1 aromatic carbocycles. The predicted octanol–water partition coefficient (Wildman–Crippen LogP) is 0.573. The van der Waals surface area contributed by atoms with Crippen LogP contribution >= 0.6 is 12.4 Å². The first-order valence-electron chi connectivity index (χ1n) is 8.78. The maximum atomic E-state index is 12.1. The molecule has 0 saturated carbocycles. The smallest absolute Gasteiger partial charge is 0.251 e. The quantitative estimate of drug-likeness (QED) is 0.523. The Morgan fingerprint density at radius 1 is 1.19 bits per heavy atom. The van der Waals surface area contributed by atoms with Crippen molar-refractivity contribution in [3.05, 3.63) is 35.4 Å². The molecule has 9 heteroatoms. The summed E-state index contributed by atoms with van der Waals surface area (Å²) >= 11 is 0. The number of hydrogen-bond acceptors (Lipinski definition) is 5. The topological polar surface area (TPSA) is 90.5 Å². The molecule has 1 heterocycles. The first-order valence-corrected chi connectivity index (χ1v) is 10.4. The maximum absolute atomic E-state index is 12.1. The molecular weight excluding hydrogens is 376 g/mol. The number of hydrogen-bond donors (Lipinski definition) is 3. The van der Waals surface area contributed by atoms with Crippen molar-refractivity contribution in [1.29, 1.82) is 0 Å². The van der Waals surface area contributed by atoms with Crippen molar-refractivity contribution in [2.24, 2.45) is 0 Å². The van der Waals surface area contributed by atoms with E-state index in [0.717, 1.165) is 44.7 Å². The van der Waals surface area contributed by atoms with E-state index in [0.29, 0.717) is 12.1 Å². The van der Waals surface area contributed by atoms with Crippen LogP contribution in [0.5, 0.6) is 0 Å². The fourth-order valence-electron chi connectivity index (χ4n) is 2.61. The minimum absolute atomic E-state index is 0. The van der Waals surface area contributed by atoms with E-state index in [9.17, 15) is 13.2 Å². The molecule has 1 fully saturated rings. The largest absolute Gasteiger partial charge is 0.352 e. The summed E-state index contributed by atoms with van der Waals surface area (Å²) in [6, 6.07) is 6.99. The summed E-state index contributed by atoms with van der Waals surface area (Å²) in [6.45, 7) is 7.69. The summed E-state index contributed by atoms with van der Waals surface area (Å²) in [5, 5.41) is 6.25. The minimum Gasteiger partial charge on any atom is -0.352 e. The van der Waals surface area contributed by atoms with Crippen molar-refractivity contribution >= 4 is 28.3 Å². The minimum atomic E-state index is -3.21. The normalized spacial score (nSPS) is 15.3. The van der Waals surface area contributed by atoms with Crippen LogP contribution in [0.2, 0.25) is 0 Å². The second-order valence-electron chi connectivity index (χ2n) is 6.12. The Kier molecular flexibility index (Phi) is 10.1. The number of piperazine rings is 1. The SMILES string of the molecule is CCS(=O)(=O)NCc1ccc(C(=O)NCCCN2CCNCC2)cc1.Cl. The lowest BCUT2D eigenvalue weighted by atomic mass is 10.1. The van der Waals surface area contributed by atoms with Gasteiger partial charge in [0.05, 0.1) is 5.75 Å². The molecule has 0 atom stereocenters. The number of carbonyl (C=O) groups is 1. The lowest BCUT2D eigenvalue weighted by Gasteiger charge is -2.27. The summed E-state index contributed by atoms with van der Waals surface area (Å²) in [5.41, 5.74) is 1.41. The van der Waals surface area contributed by atoms with Crippen LogP contribution in [-0.2, 0) is 16.6 Å². The third-order valence-electron chi connectivity index (χ3n) is 4.24. The fourth-order valence-corrected chi connectivity index (χ4v) is 3.20. The number of benzene rings is 1. The van der Waals surface area contributed by atoms with E-state index in [4.69, 9.17) is 0 Å². The second kappa shape index (κ2) is 11.5. The molecule has 3 N–H and O–H groups in total. The first kappa shape index (κ1) is 22.9. The van der Waals surface area contributed by atoms with E-state index in [2.05, 4.69) is 20.3 Å². The Labute approximate surface area is 162 Å². The van der Waals surface area contributed by atoms with Crippen molar-refractivity contribution in [3.63, 3.8) is 0 Å². The van der Waals surface area contributed by atoms with Gasteiger partial charge < -0.3 is 15.5 Å². The number of nitrogens with one attached hydrogen (secondary N) is 3. The molecule has 1 aliphatic rings. The first-order chi connectivity index (χ1) is 12.0. The van der Waals surface area contributed by atoms with Gasteiger partial charge in [-0.1, -0.05) is 12.1 Å². The van der Waals surface area contributed by atoms with E-state index >= 15 is 0 Å². The summed E-state index contributed by atoms with van der Waals surface area (Å²) in [6.07, 6.45) is 0.933. The van der Waals surface area contributed by atoms with Crippen molar-refractivity contribution in [2.45, 2.75) is 19.9 Å². The highest BCUT2D eigenvalue weighted by atomic mass is 35.5. The van der Waals surface area contributed by atoms with E-state index in [1.165, 1.54) is 0 Å². The van der Waals surface area contributed by atoms with Gasteiger partial charge in [-0.15, -0.1) is 12.4 Å². The lowest BCUT2D eigenvalue weighted by molar-refractivity contribution is 0.0951. The monoisotopic (exact) mass is 404 g/mol. The fraction of sp³-hybridized carbons (Fsp3) is 0.588. The van der Waals surface area contributed by atoms with Crippen LogP contribution in [0.3, 0.4) is 0 Å². The zero-order valence-corrected chi connectivity index (χ0v) is 16.8. The standard InChI is InChI=1S/C17H28N4O3S.ClH/c1-2-25(23,24)20-14-15-4-6-16(7-5-15)17(22)19-8-3-11-21-12-9-18-10-13-21;/h4-7,18,20H,2-3,8-14H2,1H3,(H,19,22);1H. The van der Waals surface area contributed by atoms with E-state index in [1.54, 1.807) is 31.2 Å². The van der Waals surface area contributed by atoms with Crippen molar-refractivity contribution in [2.75, 3.05) is 45.0 Å². The highest BCUT2D eigenvalue weighted by Gasteiger charge is 2.10. The van der Waals surface area contributed by atoms with Gasteiger partial charge in [-0.3, -0.25) is 4.79 Å². The van der Waals surface area contributed by atoms with Gasteiger partial charge in [0.1, 0.15) is 0 Å². The molecule has 1 saturated heterocycles. The maximum Gasteiger partial charge on any atom is 0.251 e. The highest BCUT2D eigenvalue weighted by molar-refractivity contribution is 7.89. The Morgan fingerprint density at radius 3 is 2.46 bits per heavy atom. The van der Waals surface area contributed by atoms with Crippen LogP contribution in [0.15, 0.2) is 24.3 Å². The van der Waals surface area contributed by atoms with Crippen molar-refractivity contribution < 1.29 is 13.2 Å². The van der Waals surface area contributed by atoms with Crippen LogP contribution in [0.1, 0.15) is 29.3 Å². The summed E-state index contributed by atoms with van der Waals surface area (Å²) in [4.78, 5) is 14.5. The molecular formula is C17H29ClN4O3S. The highest BCUT2D eigenvalue weighted by Crippen LogP contribution is 2.05. The van der Waals surface area contributed by atoms with Crippen LogP contribution in [0.4, 0.5) is 0 Å². The molecule has 1 aliphatic heterocycles. The van der Waals surface area contributed by atoms with E-state index in [-0.39, 0.29) is 30.6 Å². The van der Waals surface area contributed by atoms with Crippen molar-refractivity contribution in [3.8, 4) is 0 Å². The molecule has 0 radical (unpaired) electrons. The van der Waals surface area contributed by atoms with Gasteiger partial charge in [-0.05, 0) is 37.6 Å². The number of sulfonamides is 1. The Bertz CT molecular complexity index is 646. The molecule has 26 heavy (non-hydrogen) atoms. The lowest BCUT2D eigenvalue weighted by Crippen LogP contribution is -2.44. The van der Waals surface area contributed by atoms with Gasteiger partial charge in [-0.2, -0.15) is 0 Å². The van der Waals surface area contributed by atoms with Crippen LogP contribution in [0.25, 0.3) is 0 Å². The van der Waals surface area contributed by atoms with Crippen LogP contribution < -0.4 is 15.4 Å². The zero-order chi connectivity index (χ0) is 18.1. The zero-order valence-electron chi connectivity index (χ0n) is 15.2. The third kappa shape index (κ3) is 8.01. The number of amides is 1. The molecule has 2 rings (SSSR count). The molecule has 0 aromatic heterocycles.